The van der Waals surface area contributed by atoms with Crippen LogP contribution in [0, 0.1) is 0 Å². The van der Waals surface area contributed by atoms with E-state index in [2.05, 4.69) is 4.98 Å². The molecule has 2 aromatic rings. The highest BCUT2D eigenvalue weighted by molar-refractivity contribution is 6.36. The lowest BCUT2D eigenvalue weighted by Gasteiger charge is -2.31. The van der Waals surface area contributed by atoms with Crippen LogP contribution >= 0.6 is 11.6 Å². The normalized spacial score (nSPS) is 14.8. The predicted molar refractivity (Wildman–Crippen MR) is 67.3 cm³/mol. The molecule has 0 N–H and O–H groups in total. The maximum absolute atomic E-state index is 12.2. The summed E-state index contributed by atoms with van der Waals surface area (Å²) in [7, 11) is 0. The van der Waals surface area contributed by atoms with Gasteiger partial charge >= 0.3 is 0 Å². The summed E-state index contributed by atoms with van der Waals surface area (Å²) < 4.78 is 0. The van der Waals surface area contributed by atoms with Gasteiger partial charge < -0.3 is 4.90 Å². The first-order valence-corrected chi connectivity index (χ1v) is 5.97. The molecule has 2 heterocycles. The number of benzene rings is 1. The minimum Gasteiger partial charge on any atom is -0.338 e. The lowest BCUT2D eigenvalue weighted by Crippen LogP contribution is -2.42. The molecule has 1 aromatic heterocycles. The van der Waals surface area contributed by atoms with E-state index >= 15 is 0 Å². The topological polar surface area (TPSA) is 33.2 Å². The average molecular weight is 247 g/mol. The average Bonchev–Trinajstić information content (AvgIpc) is 2.27. The predicted octanol–water partition coefficient (Wildman–Crippen LogP) is 2.73. The van der Waals surface area contributed by atoms with Gasteiger partial charge in [-0.1, -0.05) is 11.6 Å². The largest absolute Gasteiger partial charge is 0.338 e. The van der Waals surface area contributed by atoms with E-state index in [9.17, 15) is 4.79 Å². The summed E-state index contributed by atoms with van der Waals surface area (Å²) in [6.07, 6.45) is 2.77. The van der Waals surface area contributed by atoms with Gasteiger partial charge in [0.1, 0.15) is 0 Å². The van der Waals surface area contributed by atoms with Gasteiger partial charge in [-0.2, -0.15) is 0 Å². The molecule has 1 saturated heterocycles. The second-order valence-electron chi connectivity index (χ2n) is 4.14. The van der Waals surface area contributed by atoms with Crippen molar-refractivity contribution in [2.24, 2.45) is 0 Å². The molecule has 1 aromatic carbocycles. The summed E-state index contributed by atoms with van der Waals surface area (Å²) in [4.78, 5) is 18.3. The Kier molecular flexibility index (Phi) is 2.48. The van der Waals surface area contributed by atoms with Crippen molar-refractivity contribution in [3.05, 3.63) is 41.0 Å². The van der Waals surface area contributed by atoms with Crippen LogP contribution in [0.4, 0.5) is 0 Å². The Morgan fingerprint density at radius 2 is 2.12 bits per heavy atom. The van der Waals surface area contributed by atoms with Crippen molar-refractivity contribution in [2.75, 3.05) is 13.1 Å². The van der Waals surface area contributed by atoms with Crippen LogP contribution in [0.5, 0.6) is 0 Å². The van der Waals surface area contributed by atoms with E-state index in [1.54, 1.807) is 18.3 Å². The lowest BCUT2D eigenvalue weighted by atomic mass is 10.1. The van der Waals surface area contributed by atoms with Crippen LogP contribution in [0.15, 0.2) is 30.5 Å². The molecule has 0 aliphatic carbocycles. The summed E-state index contributed by atoms with van der Waals surface area (Å²) in [6.45, 7) is 1.69. The molecule has 1 aliphatic heterocycles. The number of halogens is 1. The Labute approximate surface area is 104 Å². The van der Waals surface area contributed by atoms with Gasteiger partial charge in [-0.25, -0.2) is 0 Å². The Bertz CT molecular complexity index is 593. The second kappa shape index (κ2) is 4.00. The highest BCUT2D eigenvalue weighted by atomic mass is 35.5. The molecular formula is C13H11ClN2O. The number of hydrogen-bond acceptors (Lipinski definition) is 2. The monoisotopic (exact) mass is 246 g/mol. The molecule has 1 amide bonds. The summed E-state index contributed by atoms with van der Waals surface area (Å²) in [6, 6.07) is 7.24. The number of likely N-dealkylation sites (tertiary alicyclic amines) is 1. The molecule has 0 bridgehead atoms. The zero-order valence-corrected chi connectivity index (χ0v) is 9.94. The minimum absolute atomic E-state index is 0.0524. The molecule has 17 heavy (non-hydrogen) atoms. The molecule has 0 radical (unpaired) electrons. The summed E-state index contributed by atoms with van der Waals surface area (Å²) >= 11 is 6.10. The van der Waals surface area contributed by atoms with Gasteiger partial charge in [0.05, 0.1) is 16.1 Å². The van der Waals surface area contributed by atoms with Crippen molar-refractivity contribution in [1.29, 1.82) is 0 Å². The van der Waals surface area contributed by atoms with Crippen LogP contribution in [-0.4, -0.2) is 28.9 Å². The maximum Gasteiger partial charge on any atom is 0.256 e. The van der Waals surface area contributed by atoms with Crippen molar-refractivity contribution in [3.8, 4) is 0 Å². The van der Waals surface area contributed by atoms with Crippen molar-refractivity contribution in [1.82, 2.24) is 9.88 Å². The van der Waals surface area contributed by atoms with Gasteiger partial charge in [-0.15, -0.1) is 0 Å². The first-order valence-electron chi connectivity index (χ1n) is 5.60. The fraction of sp³-hybridized carbons (Fsp3) is 0.231. The number of nitrogens with zero attached hydrogens (tertiary/aromatic N) is 2. The smallest absolute Gasteiger partial charge is 0.256 e. The number of pyridine rings is 1. The number of carbonyl (C=O) groups excluding carboxylic acids is 1. The summed E-state index contributed by atoms with van der Waals surface area (Å²) in [5, 5.41) is 1.47. The van der Waals surface area contributed by atoms with E-state index in [0.29, 0.717) is 16.1 Å². The number of fused-ring (bicyclic) bond motifs is 1. The Hall–Kier alpha value is -1.61. The molecule has 3 nitrogen and oxygen atoms in total. The van der Waals surface area contributed by atoms with Crippen molar-refractivity contribution in [3.63, 3.8) is 0 Å². The van der Waals surface area contributed by atoms with Gasteiger partial charge in [0.2, 0.25) is 0 Å². The molecule has 3 rings (SSSR count). The maximum atomic E-state index is 12.2. The molecule has 0 unspecified atom stereocenters. The van der Waals surface area contributed by atoms with Gasteiger partial charge in [-0.3, -0.25) is 9.78 Å². The standard InChI is InChI=1S/C13H11ClN2O/c14-11-5-4-10(13(17)16-7-2-8-16)12-9(11)3-1-6-15-12/h1,3-6H,2,7-8H2. The Morgan fingerprint density at radius 3 is 2.82 bits per heavy atom. The third-order valence-corrected chi connectivity index (χ3v) is 3.42. The van der Waals surface area contributed by atoms with E-state index in [1.165, 1.54) is 0 Å². The number of carbonyl (C=O) groups is 1. The molecule has 4 heteroatoms. The number of amides is 1. The van der Waals surface area contributed by atoms with Gasteiger partial charge in [-0.05, 0) is 30.7 Å². The van der Waals surface area contributed by atoms with E-state index in [0.717, 1.165) is 24.9 Å². The first-order chi connectivity index (χ1) is 8.27. The zero-order chi connectivity index (χ0) is 11.8. The fourth-order valence-electron chi connectivity index (χ4n) is 2.00. The van der Waals surface area contributed by atoms with Crippen LogP contribution < -0.4 is 0 Å². The van der Waals surface area contributed by atoms with Crippen LogP contribution in [-0.2, 0) is 0 Å². The van der Waals surface area contributed by atoms with Crippen LogP contribution in [0.1, 0.15) is 16.8 Å². The Morgan fingerprint density at radius 1 is 1.29 bits per heavy atom. The highest BCUT2D eigenvalue weighted by Gasteiger charge is 2.23. The van der Waals surface area contributed by atoms with Crippen molar-refractivity contribution >= 4 is 28.4 Å². The number of rotatable bonds is 1. The molecule has 86 valence electrons. The molecule has 0 spiro atoms. The second-order valence-corrected chi connectivity index (χ2v) is 4.55. The number of aromatic nitrogens is 1. The molecule has 1 fully saturated rings. The third-order valence-electron chi connectivity index (χ3n) is 3.09. The quantitative estimate of drug-likeness (QED) is 0.775. The summed E-state index contributed by atoms with van der Waals surface area (Å²) in [5.74, 6) is 0.0524. The van der Waals surface area contributed by atoms with Crippen molar-refractivity contribution in [2.45, 2.75) is 6.42 Å². The van der Waals surface area contributed by atoms with Crippen LogP contribution in [0.2, 0.25) is 5.02 Å². The van der Waals surface area contributed by atoms with E-state index in [-0.39, 0.29) is 5.91 Å². The van der Waals surface area contributed by atoms with Crippen LogP contribution in [0.3, 0.4) is 0 Å². The van der Waals surface area contributed by atoms with E-state index in [1.807, 2.05) is 17.0 Å². The molecular weight excluding hydrogens is 236 g/mol. The minimum atomic E-state index is 0.0524. The molecule has 0 atom stereocenters. The van der Waals surface area contributed by atoms with E-state index in [4.69, 9.17) is 11.6 Å². The molecule has 1 aliphatic rings. The first kappa shape index (κ1) is 10.5. The van der Waals surface area contributed by atoms with Gasteiger partial charge in [0.25, 0.3) is 5.91 Å². The number of hydrogen-bond donors (Lipinski definition) is 0. The Balaban J connectivity index is 2.16. The van der Waals surface area contributed by atoms with Gasteiger partial charge in [0.15, 0.2) is 0 Å². The summed E-state index contributed by atoms with van der Waals surface area (Å²) in [5.41, 5.74) is 1.33. The molecule has 0 saturated carbocycles. The third kappa shape index (κ3) is 1.67. The fourth-order valence-corrected chi connectivity index (χ4v) is 2.22. The lowest BCUT2D eigenvalue weighted by molar-refractivity contribution is 0.0653. The van der Waals surface area contributed by atoms with E-state index < -0.39 is 0 Å². The van der Waals surface area contributed by atoms with Gasteiger partial charge in [0, 0.05) is 24.7 Å². The SMILES string of the molecule is O=C(c1ccc(Cl)c2cccnc12)N1CCC1. The van der Waals surface area contributed by atoms with Crippen LogP contribution in [0.25, 0.3) is 10.9 Å². The zero-order valence-electron chi connectivity index (χ0n) is 9.19. The van der Waals surface area contributed by atoms with Crippen molar-refractivity contribution < 1.29 is 4.79 Å². The highest BCUT2D eigenvalue weighted by Crippen LogP contribution is 2.26.